The van der Waals surface area contributed by atoms with Crippen molar-refractivity contribution in [1.82, 2.24) is 19.5 Å². The van der Waals surface area contributed by atoms with Crippen molar-refractivity contribution in [2.75, 3.05) is 25.6 Å². The molecule has 0 spiro atoms. The monoisotopic (exact) mass is 495 g/mol. The van der Waals surface area contributed by atoms with Crippen molar-refractivity contribution < 1.29 is 23.4 Å². The molecule has 3 aromatic heterocycles. The Kier molecular flexibility index (Phi) is 6.25. The molecule has 0 unspecified atom stereocenters. The van der Waals surface area contributed by atoms with Crippen molar-refractivity contribution in [2.24, 2.45) is 0 Å². The third-order valence-electron chi connectivity index (χ3n) is 5.59. The molecule has 5 rings (SSSR count). The van der Waals surface area contributed by atoms with Gasteiger partial charge in [-0.15, -0.1) is 0 Å². The maximum atomic E-state index is 12.3. The van der Waals surface area contributed by atoms with Crippen molar-refractivity contribution >= 4 is 34.6 Å². The second-order valence-corrected chi connectivity index (χ2v) is 8.72. The molecule has 2 N–H and O–H groups in total. The van der Waals surface area contributed by atoms with Gasteiger partial charge in [0.15, 0.2) is 16.7 Å². The number of imidazole rings is 1. The number of ether oxygens (including phenoxy) is 3. The smallest absolute Gasteiger partial charge is 0.342 e. The summed E-state index contributed by atoms with van der Waals surface area (Å²) in [6, 6.07) is 5.90. The lowest BCUT2D eigenvalue weighted by molar-refractivity contribution is 0.0526. The van der Waals surface area contributed by atoms with E-state index in [1.54, 1.807) is 13.8 Å². The number of thioether (sulfide) groups is 1. The number of furan rings is 1. The maximum Gasteiger partial charge on any atom is 0.342 e. The molecule has 1 aliphatic rings. The molecule has 11 heteroatoms. The fraction of sp³-hybridized carbons (Fsp3) is 0.333. The minimum absolute atomic E-state index is 0.182. The van der Waals surface area contributed by atoms with Crippen molar-refractivity contribution in [3.63, 3.8) is 0 Å². The molecular weight excluding hydrogens is 470 g/mol. The normalized spacial score (nSPS) is 12.8. The zero-order valence-electron chi connectivity index (χ0n) is 19.7. The van der Waals surface area contributed by atoms with Crippen LogP contribution >= 0.6 is 11.8 Å². The van der Waals surface area contributed by atoms with Gasteiger partial charge in [0, 0.05) is 12.1 Å². The van der Waals surface area contributed by atoms with E-state index in [-0.39, 0.29) is 23.7 Å². The maximum absolute atomic E-state index is 12.3. The Bertz CT molecular complexity index is 1410. The van der Waals surface area contributed by atoms with Gasteiger partial charge in [-0.05, 0) is 39.0 Å². The number of anilines is 1. The van der Waals surface area contributed by atoms with E-state index in [1.165, 1.54) is 11.8 Å². The van der Waals surface area contributed by atoms with E-state index in [1.807, 2.05) is 24.4 Å². The van der Waals surface area contributed by atoms with Crippen LogP contribution in [0.4, 0.5) is 5.82 Å². The number of nitrogens with two attached hydrogens (primary N) is 1. The van der Waals surface area contributed by atoms with Crippen LogP contribution < -0.4 is 15.2 Å². The third kappa shape index (κ3) is 4.27. The zero-order chi connectivity index (χ0) is 24.5. The first-order valence-electron chi connectivity index (χ1n) is 11.3. The minimum Gasteiger partial charge on any atom is -0.486 e. The van der Waals surface area contributed by atoms with Gasteiger partial charge in [0.2, 0.25) is 5.71 Å². The van der Waals surface area contributed by atoms with Crippen molar-refractivity contribution in [2.45, 2.75) is 38.2 Å². The topological polar surface area (TPSA) is 128 Å². The van der Waals surface area contributed by atoms with Crippen LogP contribution in [0.5, 0.6) is 11.5 Å². The second-order valence-electron chi connectivity index (χ2n) is 7.78. The Balaban J connectivity index is 1.40. The molecular formula is C24H25N5O5S. The number of hydrogen-bond donors (Lipinski definition) is 1. The highest BCUT2D eigenvalue weighted by molar-refractivity contribution is 7.98. The van der Waals surface area contributed by atoms with Crippen LogP contribution in [0.2, 0.25) is 0 Å². The fourth-order valence-corrected chi connectivity index (χ4v) is 4.94. The summed E-state index contributed by atoms with van der Waals surface area (Å²) in [6.07, 6.45) is 1.84. The van der Waals surface area contributed by atoms with Gasteiger partial charge in [-0.25, -0.2) is 14.8 Å². The number of nitrogen functional groups attached to an aromatic ring is 1. The molecule has 1 aliphatic heterocycles. The first-order valence-corrected chi connectivity index (χ1v) is 12.3. The van der Waals surface area contributed by atoms with Gasteiger partial charge in [-0.3, -0.25) is 0 Å². The van der Waals surface area contributed by atoms with Crippen molar-refractivity contribution in [3.8, 4) is 22.8 Å². The highest BCUT2D eigenvalue weighted by Gasteiger charge is 2.24. The molecule has 0 radical (unpaired) electrons. The van der Waals surface area contributed by atoms with Gasteiger partial charge >= 0.3 is 5.97 Å². The Morgan fingerprint density at radius 1 is 1.20 bits per heavy atom. The Morgan fingerprint density at radius 3 is 2.77 bits per heavy atom. The number of esters is 1. The summed E-state index contributed by atoms with van der Waals surface area (Å²) in [5.74, 6) is 2.47. The van der Waals surface area contributed by atoms with E-state index in [4.69, 9.17) is 24.4 Å². The first-order chi connectivity index (χ1) is 17.0. The molecule has 0 aliphatic carbocycles. The average molecular weight is 496 g/mol. The molecule has 0 atom stereocenters. The van der Waals surface area contributed by atoms with Crippen molar-refractivity contribution in [1.29, 1.82) is 0 Å². The number of aromatic nitrogens is 4. The molecule has 4 heterocycles. The van der Waals surface area contributed by atoms with Crippen molar-refractivity contribution in [3.05, 3.63) is 41.5 Å². The first kappa shape index (κ1) is 23.0. The standard InChI is InChI=1S/C24H25N5O5S/c1-4-29-15(14-6-7-16-17(10-14)33-9-8-32-16)11-26-24(29)35-12-18-27-21(25)20-19(23(30)31-5-2)13(3)34-22(20)28-18/h6-7,10-11H,4-5,8-9,12H2,1-3H3,(H2,25,27,28). The summed E-state index contributed by atoms with van der Waals surface area (Å²) in [5.41, 5.74) is 8.70. The molecule has 0 fully saturated rings. The Morgan fingerprint density at radius 2 is 2.00 bits per heavy atom. The Hall–Kier alpha value is -3.73. The van der Waals surface area contributed by atoms with Gasteiger partial charge < -0.3 is 28.9 Å². The van der Waals surface area contributed by atoms with Crippen LogP contribution in [0.1, 0.15) is 35.8 Å². The van der Waals surface area contributed by atoms with E-state index in [0.29, 0.717) is 35.9 Å². The number of hydrogen-bond acceptors (Lipinski definition) is 10. The van der Waals surface area contributed by atoms with Gasteiger partial charge in [-0.2, -0.15) is 4.98 Å². The molecule has 182 valence electrons. The quantitative estimate of drug-likeness (QED) is 0.294. The lowest BCUT2D eigenvalue weighted by Crippen LogP contribution is -2.15. The van der Waals surface area contributed by atoms with Crippen LogP contribution in [0.3, 0.4) is 0 Å². The molecule has 10 nitrogen and oxygen atoms in total. The molecule has 0 saturated carbocycles. The highest BCUT2D eigenvalue weighted by atomic mass is 32.2. The number of aryl methyl sites for hydroxylation is 1. The summed E-state index contributed by atoms with van der Waals surface area (Å²) in [4.78, 5) is 25.9. The van der Waals surface area contributed by atoms with Crippen LogP contribution in [0.15, 0.2) is 34.0 Å². The number of rotatable bonds is 7. The molecule has 0 saturated heterocycles. The molecule has 0 bridgehead atoms. The van der Waals surface area contributed by atoms with Gasteiger partial charge in [0.05, 0.1) is 29.6 Å². The van der Waals surface area contributed by atoms with E-state index >= 15 is 0 Å². The second kappa shape index (κ2) is 9.49. The molecule has 0 amide bonds. The summed E-state index contributed by atoms with van der Waals surface area (Å²) in [5, 5.41) is 1.20. The summed E-state index contributed by atoms with van der Waals surface area (Å²) < 4.78 is 24.3. The van der Waals surface area contributed by atoms with Gasteiger partial charge in [0.1, 0.15) is 36.2 Å². The number of carbonyl (C=O) groups excluding carboxylic acids is 1. The van der Waals surface area contributed by atoms with Crippen LogP contribution in [0, 0.1) is 6.92 Å². The molecule has 1 aromatic carbocycles. The Labute approximate surface area is 205 Å². The third-order valence-corrected chi connectivity index (χ3v) is 6.57. The van der Waals surface area contributed by atoms with Crippen LogP contribution in [-0.4, -0.2) is 45.3 Å². The summed E-state index contributed by atoms with van der Waals surface area (Å²) in [7, 11) is 0. The largest absolute Gasteiger partial charge is 0.486 e. The van der Waals surface area contributed by atoms with Crippen LogP contribution in [0.25, 0.3) is 22.4 Å². The number of carbonyl (C=O) groups is 1. The SMILES string of the molecule is CCOC(=O)c1c(C)oc2nc(CSc3ncc(-c4ccc5c(c4)OCCO5)n3CC)nc(N)c12. The summed E-state index contributed by atoms with van der Waals surface area (Å²) >= 11 is 1.49. The lowest BCUT2D eigenvalue weighted by Gasteiger charge is -2.19. The van der Waals surface area contributed by atoms with Crippen LogP contribution in [-0.2, 0) is 17.0 Å². The predicted molar refractivity (Wildman–Crippen MR) is 131 cm³/mol. The predicted octanol–water partition coefficient (Wildman–Crippen LogP) is 4.24. The van der Waals surface area contributed by atoms with E-state index < -0.39 is 5.97 Å². The fourth-order valence-electron chi connectivity index (χ4n) is 4.04. The van der Waals surface area contributed by atoms with E-state index in [2.05, 4.69) is 26.4 Å². The zero-order valence-corrected chi connectivity index (χ0v) is 20.5. The summed E-state index contributed by atoms with van der Waals surface area (Å²) in [6.45, 7) is 7.56. The minimum atomic E-state index is -0.502. The molecule has 35 heavy (non-hydrogen) atoms. The molecule has 4 aromatic rings. The number of nitrogens with zero attached hydrogens (tertiary/aromatic N) is 4. The van der Waals surface area contributed by atoms with Gasteiger partial charge in [0.25, 0.3) is 0 Å². The number of benzene rings is 1. The van der Waals surface area contributed by atoms with E-state index in [0.717, 1.165) is 34.5 Å². The average Bonchev–Trinajstić information content (AvgIpc) is 3.42. The number of fused-ring (bicyclic) bond motifs is 2. The lowest BCUT2D eigenvalue weighted by atomic mass is 10.1. The highest BCUT2D eigenvalue weighted by Crippen LogP contribution is 2.36. The van der Waals surface area contributed by atoms with E-state index in [9.17, 15) is 4.79 Å². The van der Waals surface area contributed by atoms with Gasteiger partial charge in [-0.1, -0.05) is 11.8 Å².